The van der Waals surface area contributed by atoms with Crippen LogP contribution in [0.1, 0.15) is 73.7 Å². The predicted molar refractivity (Wildman–Crippen MR) is 149 cm³/mol. The summed E-state index contributed by atoms with van der Waals surface area (Å²) in [5.74, 6) is -5.96. The van der Waals surface area contributed by atoms with E-state index in [2.05, 4.69) is 13.5 Å². The van der Waals surface area contributed by atoms with Gasteiger partial charge in [-0.05, 0) is 79.8 Å². The van der Waals surface area contributed by atoms with Crippen LogP contribution in [0.3, 0.4) is 0 Å². The molecule has 3 aromatic rings. The molecule has 0 aromatic heterocycles. The number of unbranched alkanes of at least 4 members (excludes halogenated alkanes) is 1. The second kappa shape index (κ2) is 14.3. The molecule has 1 fully saturated rings. The molecule has 3 aromatic carbocycles. The SMILES string of the molecule is C=CCCOc1ccc(C(=O)Oc2ccc(-c3ccc(C4CCC(OCCCC)CC4)c(F)c3F)cc2)c(F)c1F. The van der Waals surface area contributed by atoms with Crippen LogP contribution >= 0.6 is 0 Å². The van der Waals surface area contributed by atoms with Crippen LogP contribution in [0.15, 0.2) is 61.2 Å². The third-order valence-electron chi connectivity index (χ3n) is 7.30. The monoisotopic (exact) mass is 570 g/mol. The highest BCUT2D eigenvalue weighted by molar-refractivity contribution is 5.91. The summed E-state index contributed by atoms with van der Waals surface area (Å²) in [7, 11) is 0. The molecule has 8 heteroatoms. The normalized spacial score (nSPS) is 16.8. The lowest BCUT2D eigenvalue weighted by atomic mass is 9.82. The maximum absolute atomic E-state index is 15.2. The zero-order valence-corrected chi connectivity index (χ0v) is 23.1. The fraction of sp³-hybridized carbons (Fsp3) is 0.364. The molecule has 41 heavy (non-hydrogen) atoms. The Morgan fingerprint density at radius 1 is 0.878 bits per heavy atom. The number of hydrogen-bond acceptors (Lipinski definition) is 4. The quantitative estimate of drug-likeness (QED) is 0.0717. The zero-order chi connectivity index (χ0) is 29.4. The summed E-state index contributed by atoms with van der Waals surface area (Å²) in [5.41, 5.74) is 0.211. The molecular weight excluding hydrogens is 536 g/mol. The van der Waals surface area contributed by atoms with Crippen molar-refractivity contribution in [3.8, 4) is 22.6 Å². The zero-order valence-electron chi connectivity index (χ0n) is 23.1. The Morgan fingerprint density at radius 3 is 2.29 bits per heavy atom. The molecule has 0 atom stereocenters. The topological polar surface area (TPSA) is 44.8 Å². The molecule has 1 aliphatic rings. The first-order valence-electron chi connectivity index (χ1n) is 14.0. The Morgan fingerprint density at radius 2 is 1.61 bits per heavy atom. The smallest absolute Gasteiger partial charge is 0.346 e. The van der Waals surface area contributed by atoms with Gasteiger partial charge in [0.05, 0.1) is 18.3 Å². The third-order valence-corrected chi connectivity index (χ3v) is 7.30. The molecule has 0 bridgehead atoms. The van der Waals surface area contributed by atoms with Gasteiger partial charge in [0.2, 0.25) is 5.82 Å². The van der Waals surface area contributed by atoms with E-state index in [4.69, 9.17) is 14.2 Å². The average molecular weight is 571 g/mol. The van der Waals surface area contributed by atoms with E-state index in [0.29, 0.717) is 17.5 Å². The number of halogens is 4. The van der Waals surface area contributed by atoms with Gasteiger partial charge in [-0.25, -0.2) is 18.0 Å². The molecule has 4 rings (SSSR count). The first kappa shape index (κ1) is 30.3. The number of carbonyl (C=O) groups is 1. The molecule has 0 N–H and O–H groups in total. The van der Waals surface area contributed by atoms with Crippen molar-refractivity contribution >= 4 is 5.97 Å². The molecule has 218 valence electrons. The van der Waals surface area contributed by atoms with Crippen molar-refractivity contribution in [2.24, 2.45) is 0 Å². The van der Waals surface area contributed by atoms with E-state index < -0.39 is 34.8 Å². The van der Waals surface area contributed by atoms with Crippen LogP contribution in [0.2, 0.25) is 0 Å². The highest BCUT2D eigenvalue weighted by Crippen LogP contribution is 2.38. The Kier molecular flexibility index (Phi) is 10.6. The van der Waals surface area contributed by atoms with Gasteiger partial charge in [-0.2, -0.15) is 4.39 Å². The Bertz CT molecular complexity index is 1350. The minimum atomic E-state index is -1.39. The number of carbonyl (C=O) groups excluding carboxylic acids is 1. The minimum absolute atomic E-state index is 0.0280. The highest BCUT2D eigenvalue weighted by Gasteiger charge is 2.27. The molecule has 4 nitrogen and oxygen atoms in total. The Labute approximate surface area is 237 Å². The van der Waals surface area contributed by atoms with Gasteiger partial charge in [0.15, 0.2) is 23.2 Å². The second-order valence-corrected chi connectivity index (χ2v) is 10.1. The average Bonchev–Trinajstić information content (AvgIpc) is 2.98. The molecule has 1 saturated carbocycles. The van der Waals surface area contributed by atoms with Crippen LogP contribution in [-0.2, 0) is 4.74 Å². The fourth-order valence-electron chi connectivity index (χ4n) is 4.96. The summed E-state index contributed by atoms with van der Waals surface area (Å²) in [6.07, 6.45) is 7.40. The maximum Gasteiger partial charge on any atom is 0.346 e. The van der Waals surface area contributed by atoms with Gasteiger partial charge in [0.1, 0.15) is 5.75 Å². The van der Waals surface area contributed by atoms with E-state index in [9.17, 15) is 13.6 Å². The van der Waals surface area contributed by atoms with Gasteiger partial charge < -0.3 is 14.2 Å². The summed E-state index contributed by atoms with van der Waals surface area (Å²) >= 11 is 0. The van der Waals surface area contributed by atoms with E-state index in [1.165, 1.54) is 24.3 Å². The fourth-order valence-corrected chi connectivity index (χ4v) is 4.96. The van der Waals surface area contributed by atoms with E-state index in [-0.39, 0.29) is 35.7 Å². The molecule has 0 heterocycles. The number of hydrogen-bond donors (Lipinski definition) is 0. The van der Waals surface area contributed by atoms with Crippen LogP contribution in [0.25, 0.3) is 11.1 Å². The number of rotatable bonds is 12. The van der Waals surface area contributed by atoms with Gasteiger partial charge in [-0.1, -0.05) is 43.7 Å². The first-order valence-corrected chi connectivity index (χ1v) is 14.0. The summed E-state index contributed by atoms with van der Waals surface area (Å²) in [4.78, 5) is 12.5. The summed E-state index contributed by atoms with van der Waals surface area (Å²) in [6.45, 7) is 6.48. The van der Waals surface area contributed by atoms with Gasteiger partial charge in [-0.15, -0.1) is 6.58 Å². The molecule has 0 radical (unpaired) electrons. The number of benzene rings is 3. The first-order chi connectivity index (χ1) is 19.8. The lowest BCUT2D eigenvalue weighted by Crippen LogP contribution is -2.22. The lowest BCUT2D eigenvalue weighted by Gasteiger charge is -2.29. The van der Waals surface area contributed by atoms with E-state index in [0.717, 1.165) is 57.3 Å². The minimum Gasteiger partial charge on any atom is -0.490 e. The standard InChI is InChI=1S/C33H34F4O4/c1-3-5-19-39-23-11-7-21(8-12-23)25-15-16-26(30(35)29(25)34)22-9-13-24(14-10-22)41-33(38)27-17-18-28(32(37)31(27)36)40-20-6-4-2/h4,9-10,13-18,21,23H,2-3,5-8,11-12,19-20H2,1H3. The number of esters is 1. The van der Waals surface area contributed by atoms with Crippen molar-refractivity contribution in [3.63, 3.8) is 0 Å². The molecule has 0 aliphatic heterocycles. The predicted octanol–water partition coefficient (Wildman–Crippen LogP) is 8.93. The van der Waals surface area contributed by atoms with Crippen molar-refractivity contribution in [1.82, 2.24) is 0 Å². The van der Waals surface area contributed by atoms with Crippen LogP contribution < -0.4 is 9.47 Å². The van der Waals surface area contributed by atoms with Crippen LogP contribution in [0.4, 0.5) is 17.6 Å². The summed E-state index contributed by atoms with van der Waals surface area (Å²) in [6, 6.07) is 11.1. The third kappa shape index (κ3) is 7.36. The van der Waals surface area contributed by atoms with Gasteiger partial charge in [0.25, 0.3) is 0 Å². The van der Waals surface area contributed by atoms with Crippen molar-refractivity contribution in [2.45, 2.75) is 63.9 Å². The van der Waals surface area contributed by atoms with E-state index >= 15 is 8.78 Å². The second-order valence-electron chi connectivity index (χ2n) is 10.1. The molecule has 0 amide bonds. The maximum atomic E-state index is 15.2. The van der Waals surface area contributed by atoms with Gasteiger partial charge in [-0.3, -0.25) is 0 Å². The van der Waals surface area contributed by atoms with Gasteiger partial charge >= 0.3 is 5.97 Å². The van der Waals surface area contributed by atoms with Crippen molar-refractivity contribution in [3.05, 3.63) is 95.6 Å². The molecule has 0 unspecified atom stereocenters. The molecule has 1 aliphatic carbocycles. The molecule has 0 spiro atoms. The van der Waals surface area contributed by atoms with Crippen LogP contribution in [0.5, 0.6) is 11.5 Å². The highest BCUT2D eigenvalue weighted by atomic mass is 19.2. The largest absolute Gasteiger partial charge is 0.490 e. The molecular formula is C33H34F4O4. The van der Waals surface area contributed by atoms with Crippen molar-refractivity contribution < 1.29 is 36.6 Å². The Balaban J connectivity index is 1.40. The van der Waals surface area contributed by atoms with Crippen LogP contribution in [-0.4, -0.2) is 25.3 Å². The lowest BCUT2D eigenvalue weighted by molar-refractivity contribution is 0.0230. The Hall–Kier alpha value is -3.65. The van der Waals surface area contributed by atoms with E-state index in [1.807, 2.05) is 0 Å². The van der Waals surface area contributed by atoms with Crippen LogP contribution in [0, 0.1) is 23.3 Å². The number of ether oxygens (including phenoxy) is 3. The van der Waals surface area contributed by atoms with E-state index in [1.54, 1.807) is 18.2 Å². The van der Waals surface area contributed by atoms with Gasteiger partial charge in [0, 0.05) is 12.2 Å². The summed E-state index contributed by atoms with van der Waals surface area (Å²) in [5, 5.41) is 0. The van der Waals surface area contributed by atoms with Crippen molar-refractivity contribution in [2.75, 3.05) is 13.2 Å². The van der Waals surface area contributed by atoms with Crippen molar-refractivity contribution in [1.29, 1.82) is 0 Å². The molecule has 0 saturated heterocycles. The summed E-state index contributed by atoms with van der Waals surface area (Å²) < 4.78 is 75.3.